The van der Waals surface area contributed by atoms with E-state index in [0.29, 0.717) is 31.6 Å². The third-order valence-electron chi connectivity index (χ3n) is 4.01. The van der Waals surface area contributed by atoms with E-state index in [0.717, 1.165) is 11.1 Å². The Morgan fingerprint density at radius 3 is 2.36 bits per heavy atom. The van der Waals surface area contributed by atoms with Crippen LogP contribution in [0.15, 0.2) is 18.2 Å². The number of aryl methyl sites for hydroxylation is 2. The number of carbonyl (C=O) groups excluding carboxylic acids is 3. The molecule has 0 aromatic heterocycles. The normalized spacial score (nSPS) is 15.5. The van der Waals surface area contributed by atoms with Gasteiger partial charge in [-0.3, -0.25) is 14.4 Å². The van der Waals surface area contributed by atoms with E-state index in [-0.39, 0.29) is 11.8 Å². The molecule has 118 valence electrons. The fraction of sp³-hybridized carbons (Fsp3) is 0.438. The maximum absolute atomic E-state index is 12.2. The van der Waals surface area contributed by atoms with Gasteiger partial charge in [-0.2, -0.15) is 0 Å². The lowest BCUT2D eigenvalue weighted by molar-refractivity contribution is -0.144. The molecule has 0 bridgehead atoms. The number of piperidine rings is 1. The third kappa shape index (κ3) is 3.63. The van der Waals surface area contributed by atoms with E-state index in [1.54, 1.807) is 6.07 Å². The van der Waals surface area contributed by atoms with Crippen LogP contribution in [-0.2, 0) is 14.4 Å². The van der Waals surface area contributed by atoms with Gasteiger partial charge in [-0.25, -0.2) is 0 Å². The van der Waals surface area contributed by atoms with Gasteiger partial charge in [0, 0.05) is 24.7 Å². The first-order chi connectivity index (χ1) is 10.4. The Hall–Kier alpha value is -2.37. The molecule has 6 heteroatoms. The highest BCUT2D eigenvalue weighted by atomic mass is 16.2. The zero-order chi connectivity index (χ0) is 16.3. The summed E-state index contributed by atoms with van der Waals surface area (Å²) in [7, 11) is 0. The molecule has 0 saturated carbocycles. The molecule has 1 aliphatic heterocycles. The number of amides is 3. The molecule has 0 atom stereocenters. The molecule has 0 radical (unpaired) electrons. The average molecular weight is 303 g/mol. The highest BCUT2D eigenvalue weighted by Crippen LogP contribution is 2.18. The van der Waals surface area contributed by atoms with E-state index >= 15 is 0 Å². The predicted octanol–water partition coefficient (Wildman–Crippen LogP) is 0.966. The van der Waals surface area contributed by atoms with Gasteiger partial charge in [-0.15, -0.1) is 0 Å². The van der Waals surface area contributed by atoms with Crippen molar-refractivity contribution < 1.29 is 14.4 Å². The highest BCUT2D eigenvalue weighted by molar-refractivity contribution is 6.39. The summed E-state index contributed by atoms with van der Waals surface area (Å²) in [6.07, 6.45) is 1.02. The van der Waals surface area contributed by atoms with Crippen LogP contribution < -0.4 is 11.1 Å². The van der Waals surface area contributed by atoms with Crippen LogP contribution in [0.4, 0.5) is 5.69 Å². The number of nitrogens with two attached hydrogens (primary N) is 1. The molecule has 22 heavy (non-hydrogen) atoms. The Morgan fingerprint density at radius 2 is 1.82 bits per heavy atom. The van der Waals surface area contributed by atoms with Crippen LogP contribution in [-0.4, -0.2) is 35.7 Å². The van der Waals surface area contributed by atoms with Gasteiger partial charge in [-0.1, -0.05) is 17.7 Å². The van der Waals surface area contributed by atoms with Crippen molar-refractivity contribution in [1.82, 2.24) is 4.90 Å². The van der Waals surface area contributed by atoms with Gasteiger partial charge in [-0.05, 0) is 38.3 Å². The fourth-order valence-corrected chi connectivity index (χ4v) is 2.64. The van der Waals surface area contributed by atoms with Crippen molar-refractivity contribution in [2.75, 3.05) is 18.4 Å². The van der Waals surface area contributed by atoms with Gasteiger partial charge in [0.1, 0.15) is 0 Å². The lowest BCUT2D eigenvalue weighted by atomic mass is 9.96. The Kier molecular flexibility index (Phi) is 4.80. The van der Waals surface area contributed by atoms with E-state index < -0.39 is 11.8 Å². The second kappa shape index (κ2) is 6.60. The first kappa shape index (κ1) is 16.0. The summed E-state index contributed by atoms with van der Waals surface area (Å²) in [4.78, 5) is 36.8. The van der Waals surface area contributed by atoms with Crippen LogP contribution in [0, 0.1) is 19.8 Å². The standard InChI is InChI=1S/C16H21N3O3/c1-10-3-4-13(11(2)9-10)18-15(21)16(22)19-7-5-12(6-8-19)14(17)20/h3-4,9,12H,5-8H2,1-2H3,(H2,17,20)(H,18,21). The summed E-state index contributed by atoms with van der Waals surface area (Å²) in [5.74, 6) is -1.76. The molecule has 1 heterocycles. The number of likely N-dealkylation sites (tertiary alicyclic amines) is 1. The van der Waals surface area contributed by atoms with Crippen molar-refractivity contribution >= 4 is 23.4 Å². The minimum Gasteiger partial charge on any atom is -0.369 e. The van der Waals surface area contributed by atoms with Crippen LogP contribution in [0.25, 0.3) is 0 Å². The van der Waals surface area contributed by atoms with Crippen molar-refractivity contribution in [2.24, 2.45) is 11.7 Å². The molecule has 1 aromatic carbocycles. The van der Waals surface area contributed by atoms with Gasteiger partial charge in [0.2, 0.25) is 5.91 Å². The number of rotatable bonds is 2. The number of anilines is 1. The number of primary amides is 1. The highest BCUT2D eigenvalue weighted by Gasteiger charge is 2.29. The van der Waals surface area contributed by atoms with Crippen LogP contribution in [0.1, 0.15) is 24.0 Å². The predicted molar refractivity (Wildman–Crippen MR) is 83.0 cm³/mol. The first-order valence-electron chi connectivity index (χ1n) is 7.35. The molecular formula is C16H21N3O3. The molecule has 0 spiro atoms. The van der Waals surface area contributed by atoms with Gasteiger partial charge in [0.25, 0.3) is 0 Å². The third-order valence-corrected chi connectivity index (χ3v) is 4.01. The summed E-state index contributed by atoms with van der Waals surface area (Å²) in [5, 5.41) is 2.65. The van der Waals surface area contributed by atoms with Crippen molar-refractivity contribution in [3.8, 4) is 0 Å². The van der Waals surface area contributed by atoms with Gasteiger partial charge in [0.05, 0.1) is 0 Å². The Morgan fingerprint density at radius 1 is 1.18 bits per heavy atom. The van der Waals surface area contributed by atoms with E-state index in [1.807, 2.05) is 26.0 Å². The van der Waals surface area contributed by atoms with Crippen molar-refractivity contribution in [3.63, 3.8) is 0 Å². The maximum atomic E-state index is 12.2. The molecule has 1 aliphatic rings. The summed E-state index contributed by atoms with van der Waals surface area (Å²) in [6, 6.07) is 5.61. The number of hydrogen-bond acceptors (Lipinski definition) is 3. The summed E-state index contributed by atoms with van der Waals surface area (Å²) < 4.78 is 0. The van der Waals surface area contributed by atoms with Crippen molar-refractivity contribution in [2.45, 2.75) is 26.7 Å². The molecular weight excluding hydrogens is 282 g/mol. The molecule has 3 N–H and O–H groups in total. The van der Waals surface area contributed by atoms with E-state index in [2.05, 4.69) is 5.32 Å². The molecule has 0 unspecified atom stereocenters. The summed E-state index contributed by atoms with van der Waals surface area (Å²) in [5.41, 5.74) is 7.90. The maximum Gasteiger partial charge on any atom is 0.313 e. The second-order valence-corrected chi connectivity index (χ2v) is 5.74. The zero-order valence-corrected chi connectivity index (χ0v) is 12.9. The minimum atomic E-state index is -0.649. The van der Waals surface area contributed by atoms with Crippen LogP contribution in [0.3, 0.4) is 0 Å². The van der Waals surface area contributed by atoms with Crippen LogP contribution in [0.2, 0.25) is 0 Å². The molecule has 0 aliphatic carbocycles. The summed E-state index contributed by atoms with van der Waals surface area (Å²) in [6.45, 7) is 4.61. The van der Waals surface area contributed by atoms with Crippen LogP contribution >= 0.6 is 0 Å². The smallest absolute Gasteiger partial charge is 0.313 e. The lowest BCUT2D eigenvalue weighted by Gasteiger charge is -2.30. The van der Waals surface area contributed by atoms with Crippen molar-refractivity contribution in [3.05, 3.63) is 29.3 Å². The van der Waals surface area contributed by atoms with Crippen molar-refractivity contribution in [1.29, 1.82) is 0 Å². The fourth-order valence-electron chi connectivity index (χ4n) is 2.64. The molecule has 1 saturated heterocycles. The molecule has 2 rings (SSSR count). The van der Waals surface area contributed by atoms with Gasteiger partial charge in [0.15, 0.2) is 0 Å². The SMILES string of the molecule is Cc1ccc(NC(=O)C(=O)N2CCC(C(N)=O)CC2)c(C)c1. The molecule has 1 aromatic rings. The monoisotopic (exact) mass is 303 g/mol. The average Bonchev–Trinajstić information content (AvgIpc) is 2.49. The minimum absolute atomic E-state index is 0.202. The Labute approximate surface area is 129 Å². The van der Waals surface area contributed by atoms with Gasteiger partial charge >= 0.3 is 11.8 Å². The number of hydrogen-bond donors (Lipinski definition) is 2. The lowest BCUT2D eigenvalue weighted by Crippen LogP contribution is -2.46. The number of benzene rings is 1. The van der Waals surface area contributed by atoms with E-state index in [9.17, 15) is 14.4 Å². The van der Waals surface area contributed by atoms with Crippen LogP contribution in [0.5, 0.6) is 0 Å². The quantitative estimate of drug-likeness (QED) is 0.797. The molecule has 3 amide bonds. The summed E-state index contributed by atoms with van der Waals surface area (Å²) >= 11 is 0. The number of nitrogens with zero attached hydrogens (tertiary/aromatic N) is 1. The van der Waals surface area contributed by atoms with E-state index in [1.165, 1.54) is 4.90 Å². The topological polar surface area (TPSA) is 92.5 Å². The number of carbonyl (C=O) groups is 3. The zero-order valence-electron chi connectivity index (χ0n) is 12.9. The van der Waals surface area contributed by atoms with Gasteiger partial charge < -0.3 is 16.0 Å². The van der Waals surface area contributed by atoms with E-state index in [4.69, 9.17) is 5.73 Å². The first-order valence-corrected chi connectivity index (χ1v) is 7.35. The Bertz CT molecular complexity index is 605. The molecule has 6 nitrogen and oxygen atoms in total. The Balaban J connectivity index is 1.95. The molecule has 1 fully saturated rings. The largest absolute Gasteiger partial charge is 0.369 e. The second-order valence-electron chi connectivity index (χ2n) is 5.74. The number of nitrogens with one attached hydrogen (secondary N) is 1.